The van der Waals surface area contributed by atoms with Gasteiger partial charge in [0, 0.05) is 6.04 Å². The van der Waals surface area contributed by atoms with Gasteiger partial charge in [-0.05, 0) is 69.1 Å². The fourth-order valence-electron chi connectivity index (χ4n) is 2.53. The lowest BCUT2D eigenvalue weighted by Crippen LogP contribution is -2.36. The monoisotopic (exact) mass is 411 g/mol. The summed E-state index contributed by atoms with van der Waals surface area (Å²) in [5.74, 6) is 0.754. The molecule has 1 aromatic carbocycles. The number of ether oxygens (including phenoxy) is 2. The summed E-state index contributed by atoms with van der Waals surface area (Å²) in [4.78, 5) is 26.5. The molecular formula is C20H26ClNO4S. The maximum absolute atomic E-state index is 12.6. The molecular weight excluding hydrogens is 386 g/mol. The van der Waals surface area contributed by atoms with Gasteiger partial charge >= 0.3 is 0 Å². The van der Waals surface area contributed by atoms with E-state index in [0.717, 1.165) is 18.2 Å². The third kappa shape index (κ3) is 4.99. The quantitative estimate of drug-likeness (QED) is 0.509. The predicted octanol–water partition coefficient (Wildman–Crippen LogP) is 5.75. The van der Waals surface area contributed by atoms with Crippen molar-refractivity contribution < 1.29 is 19.1 Å². The van der Waals surface area contributed by atoms with Crippen molar-refractivity contribution in [2.75, 3.05) is 6.61 Å². The molecule has 0 bridgehead atoms. The average molecular weight is 412 g/mol. The average Bonchev–Trinajstić information content (AvgIpc) is 2.90. The van der Waals surface area contributed by atoms with Gasteiger partial charge in [0.15, 0.2) is 11.5 Å². The van der Waals surface area contributed by atoms with Crippen LogP contribution in [0.3, 0.4) is 0 Å². The van der Waals surface area contributed by atoms with E-state index in [0.29, 0.717) is 40.0 Å². The fourth-order valence-corrected chi connectivity index (χ4v) is 3.72. The van der Waals surface area contributed by atoms with Crippen LogP contribution in [0.5, 0.6) is 11.5 Å². The van der Waals surface area contributed by atoms with E-state index in [1.54, 1.807) is 18.2 Å². The topological polar surface area (TPSA) is 55.8 Å². The van der Waals surface area contributed by atoms with Crippen LogP contribution in [0.4, 0.5) is 4.79 Å². The van der Waals surface area contributed by atoms with Crippen molar-refractivity contribution in [3.8, 4) is 11.5 Å². The van der Waals surface area contributed by atoms with Crippen LogP contribution in [0.2, 0.25) is 5.02 Å². The zero-order chi connectivity index (χ0) is 20.1. The van der Waals surface area contributed by atoms with Crippen LogP contribution in [0.1, 0.15) is 53.0 Å². The summed E-state index contributed by atoms with van der Waals surface area (Å²) < 4.78 is 11.6. The van der Waals surface area contributed by atoms with E-state index in [-0.39, 0.29) is 23.3 Å². The molecule has 0 aliphatic carbocycles. The minimum absolute atomic E-state index is 0.000382. The number of thioether (sulfide) groups is 1. The molecule has 2 atom stereocenters. The van der Waals surface area contributed by atoms with Crippen LogP contribution >= 0.6 is 23.4 Å². The SMILES string of the molecule is CCOc1cc(/C=C2/SC(=O)N([C@@H](C)CC)C2=O)cc(Cl)c1O[C@H](C)CC. The highest BCUT2D eigenvalue weighted by Crippen LogP contribution is 2.40. The Bertz CT molecular complexity index is 750. The third-order valence-corrected chi connectivity index (χ3v) is 5.54. The minimum Gasteiger partial charge on any atom is -0.490 e. The number of imide groups is 1. The molecule has 2 rings (SSSR count). The Morgan fingerprint density at radius 1 is 1.19 bits per heavy atom. The number of hydrogen-bond donors (Lipinski definition) is 0. The summed E-state index contributed by atoms with van der Waals surface area (Å²) in [6, 6.07) is 3.38. The van der Waals surface area contributed by atoms with E-state index in [4.69, 9.17) is 21.1 Å². The van der Waals surface area contributed by atoms with Crippen LogP contribution in [-0.4, -0.2) is 34.8 Å². The zero-order valence-corrected chi connectivity index (χ0v) is 17.9. The van der Waals surface area contributed by atoms with E-state index in [2.05, 4.69) is 0 Å². The first-order chi connectivity index (χ1) is 12.8. The smallest absolute Gasteiger partial charge is 0.293 e. The van der Waals surface area contributed by atoms with E-state index in [1.807, 2.05) is 34.6 Å². The Balaban J connectivity index is 2.38. The van der Waals surface area contributed by atoms with E-state index in [1.165, 1.54) is 4.90 Å². The van der Waals surface area contributed by atoms with Crippen molar-refractivity contribution in [1.29, 1.82) is 0 Å². The van der Waals surface area contributed by atoms with Crippen molar-refractivity contribution in [3.05, 3.63) is 27.6 Å². The van der Waals surface area contributed by atoms with Crippen molar-refractivity contribution in [1.82, 2.24) is 4.90 Å². The molecule has 0 radical (unpaired) electrons. The van der Waals surface area contributed by atoms with Crippen molar-refractivity contribution in [3.63, 3.8) is 0 Å². The molecule has 148 valence electrons. The van der Waals surface area contributed by atoms with Crippen LogP contribution in [0.15, 0.2) is 17.0 Å². The summed E-state index contributed by atoms with van der Waals surface area (Å²) in [6.45, 7) is 10.1. The maximum Gasteiger partial charge on any atom is 0.293 e. The van der Waals surface area contributed by atoms with E-state index in [9.17, 15) is 9.59 Å². The summed E-state index contributed by atoms with van der Waals surface area (Å²) in [5.41, 5.74) is 0.689. The van der Waals surface area contributed by atoms with E-state index >= 15 is 0 Å². The van der Waals surface area contributed by atoms with E-state index < -0.39 is 0 Å². The molecule has 1 aliphatic rings. The molecule has 1 fully saturated rings. The van der Waals surface area contributed by atoms with Crippen LogP contribution in [0.25, 0.3) is 6.08 Å². The van der Waals surface area contributed by atoms with Crippen LogP contribution in [-0.2, 0) is 4.79 Å². The second-order valence-electron chi connectivity index (χ2n) is 6.41. The van der Waals surface area contributed by atoms with Gasteiger partial charge in [-0.2, -0.15) is 0 Å². The first kappa shape index (κ1) is 21.6. The Hall–Kier alpha value is -1.66. The molecule has 27 heavy (non-hydrogen) atoms. The highest BCUT2D eigenvalue weighted by atomic mass is 35.5. The molecule has 0 saturated carbocycles. The van der Waals surface area contributed by atoms with Gasteiger partial charge in [-0.1, -0.05) is 25.4 Å². The Morgan fingerprint density at radius 2 is 1.89 bits per heavy atom. The summed E-state index contributed by atoms with van der Waals surface area (Å²) in [7, 11) is 0. The Morgan fingerprint density at radius 3 is 2.48 bits per heavy atom. The molecule has 5 nitrogen and oxygen atoms in total. The first-order valence-corrected chi connectivity index (χ1v) is 10.4. The number of carbonyl (C=O) groups excluding carboxylic acids is 2. The lowest BCUT2D eigenvalue weighted by Gasteiger charge is -2.19. The van der Waals surface area contributed by atoms with Crippen molar-refractivity contribution >= 4 is 40.6 Å². The van der Waals surface area contributed by atoms with Gasteiger partial charge in [-0.15, -0.1) is 0 Å². The number of hydrogen-bond acceptors (Lipinski definition) is 5. The number of benzene rings is 1. The van der Waals surface area contributed by atoms with Gasteiger partial charge in [0.1, 0.15) is 0 Å². The van der Waals surface area contributed by atoms with Crippen molar-refractivity contribution in [2.24, 2.45) is 0 Å². The number of carbonyl (C=O) groups is 2. The molecule has 0 aromatic heterocycles. The van der Waals surface area contributed by atoms with Gasteiger partial charge in [0.25, 0.3) is 11.1 Å². The summed E-state index contributed by atoms with van der Waals surface area (Å²) in [5, 5.41) is 0.169. The predicted molar refractivity (Wildman–Crippen MR) is 111 cm³/mol. The lowest BCUT2D eigenvalue weighted by atomic mass is 10.1. The largest absolute Gasteiger partial charge is 0.490 e. The van der Waals surface area contributed by atoms with Gasteiger partial charge in [-0.3, -0.25) is 14.5 Å². The van der Waals surface area contributed by atoms with Crippen molar-refractivity contribution in [2.45, 2.75) is 59.6 Å². The standard InChI is InChI=1S/C20H26ClNO4S/c1-6-12(4)22-19(23)17(27-20(22)24)11-14-9-15(21)18(26-13(5)7-2)16(10-14)25-8-3/h9-13H,6-8H2,1-5H3/b17-11+/t12-,13+/m0/s1. The molecule has 1 heterocycles. The van der Waals surface area contributed by atoms with Gasteiger partial charge in [-0.25, -0.2) is 0 Å². The second-order valence-corrected chi connectivity index (χ2v) is 7.81. The normalized spacial score (nSPS) is 18.1. The van der Waals surface area contributed by atoms with Gasteiger partial charge in [0.05, 0.1) is 22.6 Å². The molecule has 1 aliphatic heterocycles. The summed E-state index contributed by atoms with van der Waals surface area (Å²) in [6.07, 6.45) is 3.23. The third-order valence-electron chi connectivity index (χ3n) is 4.38. The molecule has 0 N–H and O–H groups in total. The number of halogens is 1. The molecule has 1 saturated heterocycles. The lowest BCUT2D eigenvalue weighted by molar-refractivity contribution is -0.124. The van der Waals surface area contributed by atoms with Crippen LogP contribution < -0.4 is 9.47 Å². The number of nitrogens with zero attached hydrogens (tertiary/aromatic N) is 1. The molecule has 1 aromatic rings. The molecule has 7 heteroatoms. The van der Waals surface area contributed by atoms with Gasteiger partial charge in [0.2, 0.25) is 0 Å². The second kappa shape index (κ2) is 9.51. The number of rotatable bonds is 8. The Kier molecular flexibility index (Phi) is 7.62. The number of amides is 2. The Labute approximate surface area is 170 Å². The fraction of sp³-hybridized carbons (Fsp3) is 0.500. The summed E-state index contributed by atoms with van der Waals surface area (Å²) >= 11 is 7.37. The molecule has 0 unspecified atom stereocenters. The first-order valence-electron chi connectivity index (χ1n) is 9.22. The highest BCUT2D eigenvalue weighted by molar-refractivity contribution is 8.18. The van der Waals surface area contributed by atoms with Gasteiger partial charge < -0.3 is 9.47 Å². The highest BCUT2D eigenvalue weighted by Gasteiger charge is 2.37. The molecule has 0 spiro atoms. The maximum atomic E-state index is 12.6. The zero-order valence-electron chi connectivity index (χ0n) is 16.4. The molecule has 2 amide bonds. The van der Waals surface area contributed by atoms with Crippen LogP contribution in [0, 0.1) is 0 Å². The minimum atomic E-state index is -0.270.